The first-order valence-corrected chi connectivity index (χ1v) is 4.95. The van der Waals surface area contributed by atoms with Gasteiger partial charge in [0.15, 0.2) is 0 Å². The summed E-state index contributed by atoms with van der Waals surface area (Å²) in [7, 11) is 0. The van der Waals surface area contributed by atoms with Crippen LogP contribution in [0.5, 0.6) is 0 Å². The fourth-order valence-electron chi connectivity index (χ4n) is 1.28. The van der Waals surface area contributed by atoms with Crippen molar-refractivity contribution in [1.82, 2.24) is 0 Å². The van der Waals surface area contributed by atoms with Gasteiger partial charge in [-0.25, -0.2) is 4.39 Å². The van der Waals surface area contributed by atoms with Gasteiger partial charge in [-0.1, -0.05) is 23.7 Å². The maximum absolute atomic E-state index is 13.4. The summed E-state index contributed by atoms with van der Waals surface area (Å²) in [5.74, 6) is -0.751. The van der Waals surface area contributed by atoms with Crippen LogP contribution in [-0.2, 0) is 0 Å². The van der Waals surface area contributed by atoms with Gasteiger partial charge in [0.05, 0.1) is 5.02 Å². The Labute approximate surface area is 107 Å². The van der Waals surface area contributed by atoms with E-state index in [0.717, 1.165) is 0 Å². The van der Waals surface area contributed by atoms with Gasteiger partial charge >= 0.3 is 6.18 Å². The molecule has 1 aromatic carbocycles. The molecule has 17 heavy (non-hydrogen) atoms. The summed E-state index contributed by atoms with van der Waals surface area (Å²) >= 11 is 5.50. The third-order valence-electron chi connectivity index (χ3n) is 2.12. The van der Waals surface area contributed by atoms with Crippen molar-refractivity contribution in [3.63, 3.8) is 0 Å². The second-order valence-electron chi connectivity index (χ2n) is 3.40. The van der Waals surface area contributed by atoms with E-state index in [9.17, 15) is 17.6 Å². The van der Waals surface area contributed by atoms with E-state index in [-0.39, 0.29) is 29.4 Å². The van der Waals surface area contributed by atoms with E-state index in [1.54, 1.807) is 0 Å². The number of halogens is 6. The van der Waals surface area contributed by atoms with Crippen LogP contribution in [0.2, 0.25) is 5.02 Å². The molecular formula is C10H11Cl2F4N. The number of hydrogen-bond acceptors (Lipinski definition) is 1. The van der Waals surface area contributed by atoms with E-state index in [0.29, 0.717) is 0 Å². The molecule has 0 saturated heterocycles. The SMILES string of the molecule is Cl.N[C@@H](CCC(F)(F)F)c1cccc(Cl)c1F. The minimum atomic E-state index is -4.29. The average molecular weight is 292 g/mol. The molecule has 1 nitrogen and oxygen atoms in total. The maximum Gasteiger partial charge on any atom is 0.389 e. The minimum Gasteiger partial charge on any atom is -0.324 e. The topological polar surface area (TPSA) is 26.0 Å². The highest BCUT2D eigenvalue weighted by Crippen LogP contribution is 2.29. The van der Waals surface area contributed by atoms with Gasteiger partial charge in [0.1, 0.15) is 5.82 Å². The van der Waals surface area contributed by atoms with E-state index < -0.39 is 24.5 Å². The molecule has 0 aliphatic carbocycles. The van der Waals surface area contributed by atoms with Crippen LogP contribution in [0.3, 0.4) is 0 Å². The normalized spacial score (nSPS) is 13.1. The zero-order chi connectivity index (χ0) is 12.3. The van der Waals surface area contributed by atoms with Crippen molar-refractivity contribution >= 4 is 24.0 Å². The summed E-state index contributed by atoms with van der Waals surface area (Å²) in [6.07, 6.45) is -5.69. The summed E-state index contributed by atoms with van der Waals surface area (Å²) < 4.78 is 49.2. The van der Waals surface area contributed by atoms with E-state index in [4.69, 9.17) is 17.3 Å². The second-order valence-corrected chi connectivity index (χ2v) is 3.81. The van der Waals surface area contributed by atoms with Gasteiger partial charge < -0.3 is 5.73 Å². The van der Waals surface area contributed by atoms with Crippen LogP contribution >= 0.6 is 24.0 Å². The molecular weight excluding hydrogens is 281 g/mol. The Morgan fingerprint density at radius 1 is 1.29 bits per heavy atom. The fourth-order valence-corrected chi connectivity index (χ4v) is 1.46. The van der Waals surface area contributed by atoms with Crippen molar-refractivity contribution in [2.45, 2.75) is 25.1 Å². The summed E-state index contributed by atoms with van der Waals surface area (Å²) in [5, 5.41) is -0.139. The molecule has 98 valence electrons. The Kier molecular flexibility index (Phi) is 6.23. The van der Waals surface area contributed by atoms with Crippen molar-refractivity contribution in [1.29, 1.82) is 0 Å². The van der Waals surface area contributed by atoms with Crippen LogP contribution in [0.4, 0.5) is 17.6 Å². The van der Waals surface area contributed by atoms with Gasteiger partial charge in [0.25, 0.3) is 0 Å². The van der Waals surface area contributed by atoms with Crippen LogP contribution in [0.1, 0.15) is 24.4 Å². The van der Waals surface area contributed by atoms with Crippen LogP contribution in [0, 0.1) is 5.82 Å². The Morgan fingerprint density at radius 2 is 1.88 bits per heavy atom. The molecule has 0 bridgehead atoms. The van der Waals surface area contributed by atoms with Crippen molar-refractivity contribution in [3.8, 4) is 0 Å². The summed E-state index contributed by atoms with van der Waals surface area (Å²) in [4.78, 5) is 0. The molecule has 2 N–H and O–H groups in total. The predicted octanol–water partition coefficient (Wildman–Crippen LogP) is 4.24. The summed E-state index contributed by atoms with van der Waals surface area (Å²) in [6.45, 7) is 0. The predicted molar refractivity (Wildman–Crippen MR) is 60.9 cm³/mol. The molecule has 1 atom stereocenters. The van der Waals surface area contributed by atoms with E-state index in [2.05, 4.69) is 0 Å². The molecule has 0 amide bonds. The Balaban J connectivity index is 0.00000256. The van der Waals surface area contributed by atoms with Crippen LogP contribution in [0.25, 0.3) is 0 Å². The molecule has 0 radical (unpaired) electrons. The van der Waals surface area contributed by atoms with Crippen molar-refractivity contribution < 1.29 is 17.6 Å². The first-order valence-electron chi connectivity index (χ1n) is 4.57. The smallest absolute Gasteiger partial charge is 0.324 e. The number of benzene rings is 1. The van der Waals surface area contributed by atoms with Gasteiger partial charge in [0, 0.05) is 18.0 Å². The summed E-state index contributed by atoms with van der Waals surface area (Å²) in [5.41, 5.74) is 5.48. The highest BCUT2D eigenvalue weighted by Gasteiger charge is 2.28. The first-order chi connectivity index (χ1) is 7.31. The molecule has 0 aliphatic heterocycles. The quantitative estimate of drug-likeness (QED) is 0.828. The molecule has 1 aromatic rings. The van der Waals surface area contributed by atoms with E-state index >= 15 is 0 Å². The van der Waals surface area contributed by atoms with Gasteiger partial charge in [-0.2, -0.15) is 13.2 Å². The van der Waals surface area contributed by atoms with Gasteiger partial charge in [-0.05, 0) is 12.5 Å². The Hall–Kier alpha value is -0.520. The number of nitrogens with two attached hydrogens (primary N) is 1. The maximum atomic E-state index is 13.4. The minimum absolute atomic E-state index is 0. The lowest BCUT2D eigenvalue weighted by Gasteiger charge is -2.14. The monoisotopic (exact) mass is 291 g/mol. The lowest BCUT2D eigenvalue weighted by molar-refractivity contribution is -0.136. The average Bonchev–Trinajstić information content (AvgIpc) is 2.17. The highest BCUT2D eigenvalue weighted by atomic mass is 35.5. The molecule has 0 fully saturated rings. The fraction of sp³-hybridized carbons (Fsp3) is 0.400. The lowest BCUT2D eigenvalue weighted by Crippen LogP contribution is -2.17. The Morgan fingerprint density at radius 3 is 2.41 bits per heavy atom. The summed E-state index contributed by atoms with van der Waals surface area (Å²) in [6, 6.07) is 3.10. The molecule has 0 aromatic heterocycles. The third-order valence-corrected chi connectivity index (χ3v) is 2.41. The van der Waals surface area contributed by atoms with E-state index in [1.165, 1.54) is 18.2 Å². The van der Waals surface area contributed by atoms with Crippen molar-refractivity contribution in [2.24, 2.45) is 5.73 Å². The first kappa shape index (κ1) is 16.5. The van der Waals surface area contributed by atoms with Crippen LogP contribution in [-0.4, -0.2) is 6.18 Å². The molecule has 0 saturated carbocycles. The number of rotatable bonds is 3. The highest BCUT2D eigenvalue weighted by molar-refractivity contribution is 6.30. The number of alkyl halides is 3. The molecule has 0 unspecified atom stereocenters. The van der Waals surface area contributed by atoms with E-state index in [1.807, 2.05) is 0 Å². The lowest BCUT2D eigenvalue weighted by atomic mass is 10.0. The second kappa shape index (κ2) is 6.42. The number of hydrogen-bond donors (Lipinski definition) is 1. The molecule has 0 spiro atoms. The third kappa shape index (κ3) is 5.10. The Bertz CT molecular complexity index is 368. The molecule has 0 heterocycles. The molecule has 7 heteroatoms. The largest absolute Gasteiger partial charge is 0.389 e. The molecule has 0 aliphatic rings. The zero-order valence-electron chi connectivity index (χ0n) is 8.60. The van der Waals surface area contributed by atoms with Crippen LogP contribution < -0.4 is 5.73 Å². The standard InChI is InChI=1S/C10H10ClF4N.ClH/c11-7-3-1-2-6(9(7)12)8(16)4-5-10(13,14)15;/h1-3,8H,4-5,16H2;1H/t8-;/m0./s1. The van der Waals surface area contributed by atoms with Crippen LogP contribution in [0.15, 0.2) is 18.2 Å². The van der Waals surface area contributed by atoms with Gasteiger partial charge in [-0.3, -0.25) is 0 Å². The van der Waals surface area contributed by atoms with Gasteiger partial charge in [-0.15, -0.1) is 12.4 Å². The molecule has 1 rings (SSSR count). The van der Waals surface area contributed by atoms with Gasteiger partial charge in [0.2, 0.25) is 0 Å². The van der Waals surface area contributed by atoms with Crippen molar-refractivity contribution in [2.75, 3.05) is 0 Å². The van der Waals surface area contributed by atoms with Crippen molar-refractivity contribution in [3.05, 3.63) is 34.6 Å². The zero-order valence-corrected chi connectivity index (χ0v) is 10.2.